The number of ether oxygens (including phenoxy) is 1. The van der Waals surface area contributed by atoms with Gasteiger partial charge < -0.3 is 9.84 Å². The van der Waals surface area contributed by atoms with Crippen LogP contribution >= 0.6 is 11.6 Å². The van der Waals surface area contributed by atoms with E-state index in [9.17, 15) is 19.1 Å². The average Bonchev–Trinajstić information content (AvgIpc) is 2.57. The van der Waals surface area contributed by atoms with Crippen LogP contribution in [0.2, 0.25) is 5.15 Å². The molecule has 0 saturated heterocycles. The smallest absolute Gasteiger partial charge is 0.341 e. The van der Waals surface area contributed by atoms with E-state index in [-0.39, 0.29) is 11.0 Å². The molecule has 0 radical (unpaired) electrons. The number of para-hydroxylation sites is 2. The fourth-order valence-electron chi connectivity index (χ4n) is 2.37. The maximum atomic E-state index is 13.7. The molecule has 0 unspecified atom stereocenters. The van der Waals surface area contributed by atoms with Gasteiger partial charge in [0, 0.05) is 6.20 Å². The molecule has 3 aromatic rings. The van der Waals surface area contributed by atoms with Crippen molar-refractivity contribution in [3.05, 3.63) is 63.3 Å². The Morgan fingerprint density at radius 3 is 2.75 bits per heavy atom. The van der Waals surface area contributed by atoms with Crippen molar-refractivity contribution in [1.82, 2.24) is 9.55 Å². The molecule has 6 nitrogen and oxygen atoms in total. The number of carboxylic acids is 1. The molecule has 2 aromatic heterocycles. The maximum Gasteiger partial charge on any atom is 0.341 e. The number of carbonyl (C=O) groups is 1. The Morgan fingerprint density at radius 2 is 2.08 bits per heavy atom. The third-order valence-electron chi connectivity index (χ3n) is 3.46. The van der Waals surface area contributed by atoms with Crippen LogP contribution in [-0.4, -0.2) is 27.7 Å². The number of pyridine rings is 2. The largest absolute Gasteiger partial charge is 0.495 e. The lowest BCUT2D eigenvalue weighted by Gasteiger charge is -2.15. The summed E-state index contributed by atoms with van der Waals surface area (Å²) in [4.78, 5) is 27.6. The van der Waals surface area contributed by atoms with Crippen LogP contribution in [0.15, 0.2) is 41.3 Å². The van der Waals surface area contributed by atoms with Crippen LogP contribution in [-0.2, 0) is 0 Å². The highest BCUT2D eigenvalue weighted by Crippen LogP contribution is 2.26. The molecule has 1 aromatic carbocycles. The first-order valence-corrected chi connectivity index (χ1v) is 7.10. The van der Waals surface area contributed by atoms with E-state index in [0.29, 0.717) is 11.4 Å². The third-order valence-corrected chi connectivity index (χ3v) is 3.73. The Hall–Kier alpha value is -2.93. The summed E-state index contributed by atoms with van der Waals surface area (Å²) in [6.07, 6.45) is 1.12. The van der Waals surface area contributed by atoms with E-state index in [1.807, 2.05) is 0 Å². The predicted molar refractivity (Wildman–Crippen MR) is 85.8 cm³/mol. The van der Waals surface area contributed by atoms with Crippen molar-refractivity contribution < 1.29 is 19.0 Å². The minimum Gasteiger partial charge on any atom is -0.495 e. The van der Waals surface area contributed by atoms with Crippen LogP contribution in [0.5, 0.6) is 5.75 Å². The molecule has 8 heteroatoms. The van der Waals surface area contributed by atoms with E-state index in [1.165, 1.54) is 11.7 Å². The molecule has 0 atom stereocenters. The van der Waals surface area contributed by atoms with Crippen molar-refractivity contribution in [2.24, 2.45) is 0 Å². The van der Waals surface area contributed by atoms with Crippen LogP contribution in [0.3, 0.4) is 0 Å². The number of carboxylic acid groups (broad SMARTS) is 1. The zero-order valence-electron chi connectivity index (χ0n) is 12.3. The summed E-state index contributed by atoms with van der Waals surface area (Å²) >= 11 is 5.73. The lowest BCUT2D eigenvalue weighted by atomic mass is 10.1. The topological polar surface area (TPSA) is 81.4 Å². The first-order chi connectivity index (χ1) is 11.4. The number of hydrogen-bond acceptors (Lipinski definition) is 4. The Bertz CT molecular complexity index is 1030. The molecule has 3 rings (SSSR count). The van der Waals surface area contributed by atoms with E-state index >= 15 is 0 Å². The van der Waals surface area contributed by atoms with Crippen molar-refractivity contribution in [2.75, 3.05) is 7.11 Å². The molecular formula is C16H10ClFN2O4. The quantitative estimate of drug-likeness (QED) is 0.736. The summed E-state index contributed by atoms with van der Waals surface area (Å²) < 4.78 is 20.3. The normalized spacial score (nSPS) is 10.8. The Morgan fingerprint density at radius 1 is 1.38 bits per heavy atom. The SMILES string of the molecule is COc1ccccc1-n1cc(C(=O)O)c(=O)c2cc(F)c(Cl)nc21. The molecule has 0 fully saturated rings. The van der Waals surface area contributed by atoms with E-state index in [2.05, 4.69) is 4.98 Å². The molecule has 0 aliphatic heterocycles. The molecule has 122 valence electrons. The number of benzene rings is 1. The van der Waals surface area contributed by atoms with E-state index < -0.39 is 27.9 Å². The van der Waals surface area contributed by atoms with Gasteiger partial charge in [0.1, 0.15) is 11.3 Å². The summed E-state index contributed by atoms with van der Waals surface area (Å²) in [5.41, 5.74) is -0.896. The minimum absolute atomic E-state index is 0.0286. The highest BCUT2D eigenvalue weighted by Gasteiger charge is 2.19. The highest BCUT2D eigenvalue weighted by molar-refractivity contribution is 6.29. The number of methoxy groups -OCH3 is 1. The number of hydrogen-bond donors (Lipinski definition) is 1. The molecule has 24 heavy (non-hydrogen) atoms. The summed E-state index contributed by atoms with van der Waals surface area (Å²) in [6, 6.07) is 7.61. The molecular weight excluding hydrogens is 339 g/mol. The summed E-state index contributed by atoms with van der Waals surface area (Å²) in [6.45, 7) is 0. The first-order valence-electron chi connectivity index (χ1n) is 6.72. The predicted octanol–water partition coefficient (Wildman–Crippen LogP) is 2.89. The Balaban J connectivity index is 2.51. The summed E-state index contributed by atoms with van der Waals surface area (Å²) in [7, 11) is 1.45. The Labute approximate surface area is 139 Å². The second-order valence-corrected chi connectivity index (χ2v) is 5.21. The Kier molecular flexibility index (Phi) is 3.94. The van der Waals surface area contributed by atoms with Gasteiger partial charge in [-0.05, 0) is 18.2 Å². The highest BCUT2D eigenvalue weighted by atomic mass is 35.5. The van der Waals surface area contributed by atoms with Gasteiger partial charge in [0.15, 0.2) is 16.6 Å². The summed E-state index contributed by atoms with van der Waals surface area (Å²) in [5.74, 6) is -1.92. The van der Waals surface area contributed by atoms with Crippen LogP contribution < -0.4 is 10.2 Å². The van der Waals surface area contributed by atoms with Crippen molar-refractivity contribution in [2.45, 2.75) is 0 Å². The number of rotatable bonds is 3. The molecule has 0 aliphatic rings. The maximum absolute atomic E-state index is 13.7. The van der Waals surface area contributed by atoms with Gasteiger partial charge in [-0.1, -0.05) is 23.7 Å². The average molecular weight is 349 g/mol. The minimum atomic E-state index is -1.43. The first kappa shape index (κ1) is 15.9. The zero-order valence-corrected chi connectivity index (χ0v) is 13.0. The molecule has 1 N–H and O–H groups in total. The van der Waals surface area contributed by atoms with Gasteiger partial charge in [0.05, 0.1) is 18.2 Å². The second-order valence-electron chi connectivity index (χ2n) is 4.85. The van der Waals surface area contributed by atoms with Crippen molar-refractivity contribution in [1.29, 1.82) is 0 Å². The van der Waals surface area contributed by atoms with E-state index in [4.69, 9.17) is 16.3 Å². The molecule has 0 aliphatic carbocycles. The molecule has 2 heterocycles. The number of aromatic carboxylic acids is 1. The summed E-state index contributed by atoms with van der Waals surface area (Å²) in [5, 5.41) is 8.65. The lowest BCUT2D eigenvalue weighted by Crippen LogP contribution is -2.19. The number of halogens is 2. The fraction of sp³-hybridized carbons (Fsp3) is 0.0625. The van der Waals surface area contributed by atoms with Gasteiger partial charge in [0.25, 0.3) is 0 Å². The monoisotopic (exact) mass is 348 g/mol. The molecule has 0 spiro atoms. The van der Waals surface area contributed by atoms with Gasteiger partial charge in [-0.2, -0.15) is 0 Å². The molecule has 0 saturated carbocycles. The van der Waals surface area contributed by atoms with Gasteiger partial charge in [0.2, 0.25) is 5.43 Å². The van der Waals surface area contributed by atoms with Crippen LogP contribution in [0.4, 0.5) is 4.39 Å². The van der Waals surface area contributed by atoms with Gasteiger partial charge >= 0.3 is 5.97 Å². The van der Waals surface area contributed by atoms with Gasteiger partial charge in [-0.25, -0.2) is 14.2 Å². The third kappa shape index (κ3) is 2.48. The fourth-order valence-corrected chi connectivity index (χ4v) is 2.50. The number of aromatic nitrogens is 2. The molecule has 0 amide bonds. The van der Waals surface area contributed by atoms with Crippen molar-refractivity contribution >= 4 is 28.6 Å². The van der Waals surface area contributed by atoms with Crippen molar-refractivity contribution in [3.8, 4) is 11.4 Å². The van der Waals surface area contributed by atoms with Crippen LogP contribution in [0, 0.1) is 5.82 Å². The van der Waals surface area contributed by atoms with E-state index in [1.54, 1.807) is 24.3 Å². The van der Waals surface area contributed by atoms with Gasteiger partial charge in [-0.3, -0.25) is 9.36 Å². The number of nitrogens with zero attached hydrogens (tertiary/aromatic N) is 2. The van der Waals surface area contributed by atoms with Crippen LogP contribution in [0.25, 0.3) is 16.7 Å². The van der Waals surface area contributed by atoms with Gasteiger partial charge in [-0.15, -0.1) is 0 Å². The van der Waals surface area contributed by atoms with Crippen molar-refractivity contribution in [3.63, 3.8) is 0 Å². The van der Waals surface area contributed by atoms with E-state index in [0.717, 1.165) is 12.3 Å². The lowest BCUT2D eigenvalue weighted by molar-refractivity contribution is 0.0695. The van der Waals surface area contributed by atoms with Crippen LogP contribution in [0.1, 0.15) is 10.4 Å². The zero-order chi connectivity index (χ0) is 17.4. The number of fused-ring (bicyclic) bond motifs is 1. The second kappa shape index (κ2) is 5.93. The standard InChI is InChI=1S/C16H10ClFN2O4/c1-24-12-5-3-2-4-11(12)20-7-9(16(22)23)13(21)8-6-10(18)14(17)19-15(8)20/h2-7H,1H3,(H,22,23). The molecule has 0 bridgehead atoms.